The Morgan fingerprint density at radius 3 is 2.69 bits per heavy atom. The SMILES string of the molecule is COc1ncc(Br)c(I)c1C(F)F. The first-order valence-corrected chi connectivity index (χ1v) is 5.11. The number of pyridine rings is 1. The number of rotatable bonds is 2. The standard InChI is InChI=1S/C7H5BrF2INO/c1-13-7-4(6(9)10)5(11)3(8)2-12-7/h2,6H,1H3. The third-order valence-electron chi connectivity index (χ3n) is 1.38. The molecule has 0 aliphatic rings. The molecule has 0 saturated carbocycles. The maximum atomic E-state index is 12.5. The van der Waals surface area contributed by atoms with Gasteiger partial charge in [-0.3, -0.25) is 0 Å². The van der Waals surface area contributed by atoms with Gasteiger partial charge in [0, 0.05) is 14.2 Å². The Labute approximate surface area is 96.0 Å². The summed E-state index contributed by atoms with van der Waals surface area (Å²) >= 11 is 4.94. The molecule has 0 fully saturated rings. The minimum absolute atomic E-state index is 0.0254. The number of nitrogens with zero attached hydrogens (tertiary/aromatic N) is 1. The van der Waals surface area contributed by atoms with Gasteiger partial charge in [-0.05, 0) is 38.5 Å². The van der Waals surface area contributed by atoms with Crippen LogP contribution in [0.4, 0.5) is 8.78 Å². The maximum absolute atomic E-state index is 12.5. The van der Waals surface area contributed by atoms with Gasteiger partial charge in [-0.25, -0.2) is 13.8 Å². The van der Waals surface area contributed by atoms with Gasteiger partial charge in [0.15, 0.2) is 0 Å². The van der Waals surface area contributed by atoms with E-state index in [0.717, 1.165) is 0 Å². The summed E-state index contributed by atoms with van der Waals surface area (Å²) in [4.78, 5) is 3.72. The Morgan fingerprint density at radius 2 is 2.23 bits per heavy atom. The Bertz CT molecular complexity index is 322. The molecule has 0 saturated heterocycles. The highest BCUT2D eigenvalue weighted by Crippen LogP contribution is 2.34. The lowest BCUT2D eigenvalue weighted by Crippen LogP contribution is -1.99. The molecule has 0 aliphatic carbocycles. The molecule has 1 heterocycles. The smallest absolute Gasteiger partial charge is 0.270 e. The van der Waals surface area contributed by atoms with Crippen LogP contribution in [0.25, 0.3) is 0 Å². The van der Waals surface area contributed by atoms with Crippen LogP contribution in [-0.2, 0) is 0 Å². The van der Waals surface area contributed by atoms with Crippen molar-refractivity contribution in [1.29, 1.82) is 0 Å². The molecule has 0 bridgehead atoms. The first-order chi connectivity index (χ1) is 6.07. The van der Waals surface area contributed by atoms with Gasteiger partial charge < -0.3 is 4.74 Å². The van der Waals surface area contributed by atoms with Crippen LogP contribution in [-0.4, -0.2) is 12.1 Å². The van der Waals surface area contributed by atoms with Gasteiger partial charge in [0.05, 0.1) is 12.7 Å². The Balaban J connectivity index is 3.32. The zero-order chi connectivity index (χ0) is 10.0. The van der Waals surface area contributed by atoms with Crippen molar-refractivity contribution >= 4 is 38.5 Å². The summed E-state index contributed by atoms with van der Waals surface area (Å²) in [6.45, 7) is 0. The lowest BCUT2D eigenvalue weighted by atomic mass is 10.3. The van der Waals surface area contributed by atoms with E-state index in [0.29, 0.717) is 8.04 Å². The van der Waals surface area contributed by atoms with Crippen LogP contribution < -0.4 is 4.74 Å². The molecule has 0 amide bonds. The van der Waals surface area contributed by atoms with Crippen molar-refractivity contribution in [2.24, 2.45) is 0 Å². The highest BCUT2D eigenvalue weighted by molar-refractivity contribution is 14.1. The molecule has 1 aromatic rings. The zero-order valence-corrected chi connectivity index (χ0v) is 10.3. The van der Waals surface area contributed by atoms with Gasteiger partial charge in [0.2, 0.25) is 5.88 Å². The second kappa shape index (κ2) is 4.50. The summed E-state index contributed by atoms with van der Waals surface area (Å²) in [5, 5.41) is 0. The third-order valence-corrected chi connectivity index (χ3v) is 3.89. The van der Waals surface area contributed by atoms with Crippen molar-refractivity contribution in [3.8, 4) is 5.88 Å². The van der Waals surface area contributed by atoms with E-state index in [1.54, 1.807) is 0 Å². The van der Waals surface area contributed by atoms with E-state index >= 15 is 0 Å². The average molecular weight is 364 g/mol. The first-order valence-electron chi connectivity index (χ1n) is 3.24. The lowest BCUT2D eigenvalue weighted by molar-refractivity contribution is 0.145. The molecule has 2 nitrogen and oxygen atoms in total. The van der Waals surface area contributed by atoms with Gasteiger partial charge in [-0.15, -0.1) is 0 Å². The molecular weight excluding hydrogens is 359 g/mol. The molecule has 13 heavy (non-hydrogen) atoms. The fraction of sp³-hybridized carbons (Fsp3) is 0.286. The van der Waals surface area contributed by atoms with Gasteiger partial charge in [0.25, 0.3) is 6.43 Å². The average Bonchev–Trinajstić information content (AvgIpc) is 2.08. The van der Waals surface area contributed by atoms with Crippen molar-refractivity contribution in [1.82, 2.24) is 4.98 Å². The van der Waals surface area contributed by atoms with Crippen LogP contribution in [0.3, 0.4) is 0 Å². The van der Waals surface area contributed by atoms with Crippen molar-refractivity contribution < 1.29 is 13.5 Å². The highest BCUT2D eigenvalue weighted by Gasteiger charge is 2.20. The van der Waals surface area contributed by atoms with E-state index < -0.39 is 6.43 Å². The van der Waals surface area contributed by atoms with Crippen LogP contribution in [0.1, 0.15) is 12.0 Å². The van der Waals surface area contributed by atoms with Crippen LogP contribution in [0.5, 0.6) is 5.88 Å². The summed E-state index contributed by atoms with van der Waals surface area (Å²) in [7, 11) is 1.32. The van der Waals surface area contributed by atoms with Crippen molar-refractivity contribution in [3.63, 3.8) is 0 Å². The van der Waals surface area contributed by atoms with Crippen molar-refractivity contribution in [2.45, 2.75) is 6.43 Å². The minimum atomic E-state index is -2.58. The van der Waals surface area contributed by atoms with Gasteiger partial charge >= 0.3 is 0 Å². The van der Waals surface area contributed by atoms with Crippen LogP contribution >= 0.6 is 38.5 Å². The lowest BCUT2D eigenvalue weighted by Gasteiger charge is -2.09. The molecule has 0 atom stereocenters. The molecule has 0 aromatic carbocycles. The zero-order valence-electron chi connectivity index (χ0n) is 6.52. The van der Waals surface area contributed by atoms with E-state index in [4.69, 9.17) is 4.74 Å². The second-order valence-corrected chi connectivity index (χ2v) is 4.08. The summed E-state index contributed by atoms with van der Waals surface area (Å²) in [6.07, 6.45) is -1.14. The van der Waals surface area contributed by atoms with Crippen LogP contribution in [0.15, 0.2) is 10.7 Å². The molecule has 0 N–H and O–H groups in total. The molecule has 72 valence electrons. The number of halogens is 4. The molecule has 0 aliphatic heterocycles. The van der Waals surface area contributed by atoms with E-state index in [2.05, 4.69) is 20.9 Å². The fourth-order valence-corrected chi connectivity index (χ4v) is 1.74. The quantitative estimate of drug-likeness (QED) is 0.751. The van der Waals surface area contributed by atoms with Gasteiger partial charge in [-0.1, -0.05) is 0 Å². The van der Waals surface area contributed by atoms with Crippen molar-refractivity contribution in [3.05, 3.63) is 19.8 Å². The molecular formula is C7H5BrF2INO. The molecule has 6 heteroatoms. The Morgan fingerprint density at radius 1 is 1.62 bits per heavy atom. The monoisotopic (exact) mass is 363 g/mol. The molecule has 0 spiro atoms. The maximum Gasteiger partial charge on any atom is 0.270 e. The van der Waals surface area contributed by atoms with Gasteiger partial charge in [-0.2, -0.15) is 0 Å². The first kappa shape index (κ1) is 11.1. The fourth-order valence-electron chi connectivity index (χ4n) is 0.816. The number of hydrogen-bond acceptors (Lipinski definition) is 2. The van der Waals surface area contributed by atoms with E-state index in [1.807, 2.05) is 22.6 Å². The van der Waals surface area contributed by atoms with E-state index in [1.165, 1.54) is 13.3 Å². The summed E-state index contributed by atoms with van der Waals surface area (Å²) < 4.78 is 30.7. The Hall–Kier alpha value is 0.0200. The van der Waals surface area contributed by atoms with Crippen LogP contribution in [0.2, 0.25) is 0 Å². The highest BCUT2D eigenvalue weighted by atomic mass is 127. The number of alkyl halides is 2. The number of aromatic nitrogens is 1. The molecule has 0 unspecified atom stereocenters. The normalized spacial score (nSPS) is 10.6. The van der Waals surface area contributed by atoms with Gasteiger partial charge in [0.1, 0.15) is 0 Å². The topological polar surface area (TPSA) is 22.1 Å². The van der Waals surface area contributed by atoms with Crippen molar-refractivity contribution in [2.75, 3.05) is 7.11 Å². The minimum Gasteiger partial charge on any atom is -0.481 e. The molecule has 1 rings (SSSR count). The number of hydrogen-bond donors (Lipinski definition) is 0. The largest absolute Gasteiger partial charge is 0.481 e. The number of ether oxygens (including phenoxy) is 1. The third kappa shape index (κ3) is 2.28. The molecule has 1 aromatic heterocycles. The number of methoxy groups -OCH3 is 1. The van der Waals surface area contributed by atoms with E-state index in [9.17, 15) is 8.78 Å². The predicted octanol–water partition coefficient (Wildman–Crippen LogP) is 3.39. The molecule has 0 radical (unpaired) electrons. The van der Waals surface area contributed by atoms with Crippen LogP contribution in [0, 0.1) is 3.57 Å². The second-order valence-electron chi connectivity index (χ2n) is 2.14. The Kier molecular flexibility index (Phi) is 3.84. The summed E-state index contributed by atoms with van der Waals surface area (Å²) in [5.41, 5.74) is -0.169. The summed E-state index contributed by atoms with van der Waals surface area (Å²) in [5.74, 6) is -0.0254. The van der Waals surface area contributed by atoms with E-state index in [-0.39, 0.29) is 11.4 Å². The summed E-state index contributed by atoms with van der Waals surface area (Å²) in [6, 6.07) is 0. The predicted molar refractivity (Wildman–Crippen MR) is 56.2 cm³/mol.